The van der Waals surface area contributed by atoms with Crippen LogP contribution in [0.1, 0.15) is 31.0 Å². The number of guanidine groups is 1. The first-order valence-corrected chi connectivity index (χ1v) is 11.7. The van der Waals surface area contributed by atoms with Crippen molar-refractivity contribution < 1.29 is 13.2 Å². The lowest BCUT2D eigenvalue weighted by atomic mass is 10.2. The standard InChI is InChI=1S/C21H29N5O3S/c1-2-22-21(25-15-18-6-3-4-12-23-18)24-14-17-8-10-20(11-9-17)30(27,28)26-16-19-7-5-13-29-19/h3-4,6,8-12,19,26H,2,5,7,13-16H2,1H3,(H2,22,24,25). The van der Waals surface area contributed by atoms with Crippen LogP contribution in [0.25, 0.3) is 0 Å². The van der Waals surface area contributed by atoms with Gasteiger partial charge in [-0.3, -0.25) is 4.98 Å². The predicted octanol–water partition coefficient (Wildman–Crippen LogP) is 1.79. The molecule has 1 aliphatic rings. The number of pyridine rings is 1. The summed E-state index contributed by atoms with van der Waals surface area (Å²) < 4.78 is 33.0. The highest BCUT2D eigenvalue weighted by molar-refractivity contribution is 7.89. The molecule has 0 saturated carbocycles. The topological polar surface area (TPSA) is 105 Å². The van der Waals surface area contributed by atoms with Crippen LogP contribution < -0.4 is 15.4 Å². The molecule has 2 aromatic rings. The fraction of sp³-hybridized carbons (Fsp3) is 0.429. The van der Waals surface area contributed by atoms with Crippen molar-refractivity contribution in [1.29, 1.82) is 0 Å². The molecular formula is C21H29N5O3S. The van der Waals surface area contributed by atoms with Crippen molar-refractivity contribution in [3.05, 3.63) is 59.9 Å². The van der Waals surface area contributed by atoms with Crippen LogP contribution in [0.3, 0.4) is 0 Å². The van der Waals surface area contributed by atoms with E-state index >= 15 is 0 Å². The number of aliphatic imine (C=N–C) groups is 1. The molecule has 0 radical (unpaired) electrons. The lowest BCUT2D eigenvalue weighted by Gasteiger charge is -2.12. The Bertz CT molecular complexity index is 911. The number of benzene rings is 1. The third-order valence-electron chi connectivity index (χ3n) is 4.69. The zero-order valence-corrected chi connectivity index (χ0v) is 18.0. The van der Waals surface area contributed by atoms with Gasteiger partial charge in [-0.2, -0.15) is 0 Å². The Hall–Kier alpha value is -2.49. The van der Waals surface area contributed by atoms with E-state index in [0.29, 0.717) is 32.2 Å². The van der Waals surface area contributed by atoms with Gasteiger partial charge in [-0.25, -0.2) is 18.1 Å². The summed E-state index contributed by atoms with van der Waals surface area (Å²) in [6, 6.07) is 12.6. The molecule has 3 N–H and O–H groups in total. The van der Waals surface area contributed by atoms with E-state index in [2.05, 4.69) is 25.3 Å². The van der Waals surface area contributed by atoms with E-state index in [1.165, 1.54) is 0 Å². The largest absolute Gasteiger partial charge is 0.377 e. The predicted molar refractivity (Wildman–Crippen MR) is 116 cm³/mol. The van der Waals surface area contributed by atoms with Gasteiger partial charge in [-0.15, -0.1) is 0 Å². The van der Waals surface area contributed by atoms with E-state index < -0.39 is 10.0 Å². The summed E-state index contributed by atoms with van der Waals surface area (Å²) in [5, 5.41) is 6.44. The molecule has 1 unspecified atom stereocenters. The third-order valence-corrected chi connectivity index (χ3v) is 6.13. The summed E-state index contributed by atoms with van der Waals surface area (Å²) >= 11 is 0. The minimum absolute atomic E-state index is 0.0311. The second kappa shape index (κ2) is 11.1. The minimum atomic E-state index is -3.54. The molecule has 162 valence electrons. The smallest absolute Gasteiger partial charge is 0.240 e. The summed E-state index contributed by atoms with van der Waals surface area (Å²) in [6.07, 6.45) is 3.60. The monoisotopic (exact) mass is 431 g/mol. The summed E-state index contributed by atoms with van der Waals surface area (Å²) in [4.78, 5) is 9.09. The van der Waals surface area contributed by atoms with Gasteiger partial charge in [0.15, 0.2) is 5.96 Å². The molecule has 1 aromatic carbocycles. The molecule has 1 aliphatic heterocycles. The summed E-state index contributed by atoms with van der Waals surface area (Å²) in [5.74, 6) is 0.679. The van der Waals surface area contributed by atoms with Crippen molar-refractivity contribution in [1.82, 2.24) is 20.3 Å². The Morgan fingerprint density at radius 2 is 2.03 bits per heavy atom. The van der Waals surface area contributed by atoms with Crippen LogP contribution in [0.5, 0.6) is 0 Å². The zero-order chi connectivity index (χ0) is 21.2. The molecule has 8 nitrogen and oxygen atoms in total. The number of hydrogen-bond acceptors (Lipinski definition) is 5. The fourth-order valence-electron chi connectivity index (χ4n) is 3.05. The van der Waals surface area contributed by atoms with Crippen molar-refractivity contribution in [2.75, 3.05) is 19.7 Å². The number of hydrogen-bond donors (Lipinski definition) is 3. The van der Waals surface area contributed by atoms with Crippen molar-refractivity contribution >= 4 is 16.0 Å². The van der Waals surface area contributed by atoms with Gasteiger partial charge in [0.2, 0.25) is 10.0 Å². The average molecular weight is 432 g/mol. The minimum Gasteiger partial charge on any atom is -0.377 e. The van der Waals surface area contributed by atoms with E-state index in [4.69, 9.17) is 4.74 Å². The van der Waals surface area contributed by atoms with Gasteiger partial charge in [0.05, 0.1) is 29.8 Å². The second-order valence-corrected chi connectivity index (χ2v) is 8.77. The van der Waals surface area contributed by atoms with Crippen molar-refractivity contribution in [3.8, 4) is 0 Å². The highest BCUT2D eigenvalue weighted by Gasteiger charge is 2.20. The summed E-state index contributed by atoms with van der Waals surface area (Å²) in [6.45, 7) is 4.75. The molecule has 0 bridgehead atoms. The fourth-order valence-corrected chi connectivity index (χ4v) is 4.12. The number of sulfonamides is 1. The van der Waals surface area contributed by atoms with Crippen LogP contribution in [-0.2, 0) is 27.8 Å². The lowest BCUT2D eigenvalue weighted by Crippen LogP contribution is -2.37. The van der Waals surface area contributed by atoms with Crippen LogP contribution in [-0.4, -0.2) is 45.2 Å². The molecule has 1 saturated heterocycles. The van der Waals surface area contributed by atoms with E-state index in [9.17, 15) is 8.42 Å². The second-order valence-electron chi connectivity index (χ2n) is 7.00. The quantitative estimate of drug-likeness (QED) is 0.413. The Labute approximate surface area is 178 Å². The molecule has 2 heterocycles. The van der Waals surface area contributed by atoms with Gasteiger partial charge in [-0.05, 0) is 49.6 Å². The highest BCUT2D eigenvalue weighted by atomic mass is 32.2. The molecule has 1 atom stereocenters. The first-order valence-electron chi connectivity index (χ1n) is 10.2. The van der Waals surface area contributed by atoms with Crippen LogP contribution in [0.2, 0.25) is 0 Å². The molecule has 1 fully saturated rings. The van der Waals surface area contributed by atoms with Crippen LogP contribution in [0.15, 0.2) is 58.5 Å². The Morgan fingerprint density at radius 3 is 2.70 bits per heavy atom. The lowest BCUT2D eigenvalue weighted by molar-refractivity contribution is 0.114. The maximum atomic E-state index is 12.5. The normalized spacial score (nSPS) is 17.1. The molecule has 0 spiro atoms. The number of ether oxygens (including phenoxy) is 1. The first kappa shape index (κ1) is 22.2. The van der Waals surface area contributed by atoms with E-state index in [0.717, 1.165) is 30.6 Å². The third kappa shape index (κ3) is 6.79. The Kier molecular flexibility index (Phi) is 8.18. The van der Waals surface area contributed by atoms with E-state index in [1.807, 2.05) is 25.1 Å². The first-order chi connectivity index (χ1) is 14.6. The number of aromatic nitrogens is 1. The van der Waals surface area contributed by atoms with Gasteiger partial charge in [0, 0.05) is 25.9 Å². The molecule has 0 amide bonds. The van der Waals surface area contributed by atoms with Crippen LogP contribution in [0.4, 0.5) is 0 Å². The molecule has 9 heteroatoms. The van der Waals surface area contributed by atoms with Gasteiger partial charge in [-0.1, -0.05) is 18.2 Å². The van der Waals surface area contributed by atoms with E-state index in [-0.39, 0.29) is 11.0 Å². The molecule has 30 heavy (non-hydrogen) atoms. The molecule has 3 rings (SSSR count). The van der Waals surface area contributed by atoms with Gasteiger partial charge < -0.3 is 15.4 Å². The van der Waals surface area contributed by atoms with Crippen molar-refractivity contribution in [3.63, 3.8) is 0 Å². The summed E-state index contributed by atoms with van der Waals surface area (Å²) in [7, 11) is -3.54. The van der Waals surface area contributed by atoms with E-state index in [1.54, 1.807) is 30.5 Å². The highest BCUT2D eigenvalue weighted by Crippen LogP contribution is 2.14. The molecule has 1 aromatic heterocycles. The van der Waals surface area contributed by atoms with Crippen molar-refractivity contribution in [2.24, 2.45) is 4.99 Å². The number of rotatable bonds is 9. The van der Waals surface area contributed by atoms with Crippen LogP contribution in [0, 0.1) is 0 Å². The zero-order valence-electron chi connectivity index (χ0n) is 17.2. The molecule has 0 aliphatic carbocycles. The Morgan fingerprint density at radius 1 is 1.20 bits per heavy atom. The van der Waals surface area contributed by atoms with Gasteiger partial charge in [0.25, 0.3) is 0 Å². The molecular weight excluding hydrogens is 402 g/mol. The Balaban J connectivity index is 1.55. The number of nitrogens with one attached hydrogen (secondary N) is 3. The van der Waals surface area contributed by atoms with Gasteiger partial charge in [0.1, 0.15) is 0 Å². The number of nitrogens with zero attached hydrogens (tertiary/aromatic N) is 2. The SMILES string of the molecule is CCNC(=NCc1ccc(S(=O)(=O)NCC2CCCO2)cc1)NCc1ccccn1. The maximum Gasteiger partial charge on any atom is 0.240 e. The van der Waals surface area contributed by atoms with Crippen LogP contribution >= 0.6 is 0 Å². The van der Waals surface area contributed by atoms with Gasteiger partial charge >= 0.3 is 0 Å². The maximum absolute atomic E-state index is 12.5. The average Bonchev–Trinajstić information content (AvgIpc) is 3.29. The van der Waals surface area contributed by atoms with Crippen molar-refractivity contribution in [2.45, 2.75) is 43.9 Å². The summed E-state index contributed by atoms with van der Waals surface area (Å²) in [5.41, 5.74) is 1.84.